The number of anilines is 1. The molecular formula is C15H8Cl2N2O3S. The zero-order valence-electron chi connectivity index (χ0n) is 11.4. The molecule has 0 spiro atoms. The molecule has 0 aliphatic rings. The zero-order chi connectivity index (χ0) is 16.6. The van der Waals surface area contributed by atoms with Crippen LogP contribution in [0, 0.1) is 10.1 Å². The number of hydrogen-bond donors (Lipinski definition) is 1. The van der Waals surface area contributed by atoms with Crippen LogP contribution in [-0.2, 0) is 0 Å². The lowest BCUT2D eigenvalue weighted by atomic mass is 10.2. The molecule has 3 rings (SSSR count). The minimum atomic E-state index is -0.468. The van der Waals surface area contributed by atoms with E-state index in [1.54, 1.807) is 24.3 Å². The molecule has 23 heavy (non-hydrogen) atoms. The van der Waals surface area contributed by atoms with E-state index in [2.05, 4.69) is 5.32 Å². The van der Waals surface area contributed by atoms with E-state index in [1.165, 1.54) is 29.5 Å². The SMILES string of the molecule is O=C(Nc1ccc(Cl)cc1Cl)c1cc2cc([N+](=O)[O-])ccc2s1. The normalized spacial score (nSPS) is 10.7. The lowest BCUT2D eigenvalue weighted by molar-refractivity contribution is -0.384. The van der Waals surface area contributed by atoms with Crippen LogP contribution in [0.15, 0.2) is 42.5 Å². The molecule has 0 atom stereocenters. The molecule has 5 nitrogen and oxygen atoms in total. The van der Waals surface area contributed by atoms with Gasteiger partial charge in [-0.1, -0.05) is 23.2 Å². The number of non-ortho nitro benzene ring substituents is 1. The number of nitrogens with zero attached hydrogens (tertiary/aromatic N) is 1. The number of thiophene rings is 1. The molecule has 0 saturated carbocycles. The van der Waals surface area contributed by atoms with Crippen molar-refractivity contribution in [2.45, 2.75) is 0 Å². The van der Waals surface area contributed by atoms with Gasteiger partial charge in [0.05, 0.1) is 20.5 Å². The van der Waals surface area contributed by atoms with Crippen molar-refractivity contribution in [3.63, 3.8) is 0 Å². The van der Waals surface area contributed by atoms with Crippen molar-refractivity contribution in [1.82, 2.24) is 0 Å². The van der Waals surface area contributed by atoms with E-state index in [4.69, 9.17) is 23.2 Å². The van der Waals surface area contributed by atoms with Gasteiger partial charge in [0.2, 0.25) is 0 Å². The van der Waals surface area contributed by atoms with Crippen molar-refractivity contribution in [2.24, 2.45) is 0 Å². The highest BCUT2D eigenvalue weighted by molar-refractivity contribution is 7.20. The van der Waals surface area contributed by atoms with E-state index < -0.39 is 4.92 Å². The summed E-state index contributed by atoms with van der Waals surface area (Å²) in [5.74, 6) is -0.335. The summed E-state index contributed by atoms with van der Waals surface area (Å²) in [6, 6.07) is 10.9. The molecule has 2 aromatic carbocycles. The van der Waals surface area contributed by atoms with Crippen LogP contribution in [0.4, 0.5) is 11.4 Å². The van der Waals surface area contributed by atoms with Crippen LogP contribution in [0.5, 0.6) is 0 Å². The number of rotatable bonds is 3. The summed E-state index contributed by atoms with van der Waals surface area (Å²) in [7, 11) is 0. The van der Waals surface area contributed by atoms with Crippen molar-refractivity contribution in [3.05, 3.63) is 67.5 Å². The highest BCUT2D eigenvalue weighted by Crippen LogP contribution is 2.31. The molecule has 116 valence electrons. The summed E-state index contributed by atoms with van der Waals surface area (Å²) in [5, 5.41) is 15.0. The van der Waals surface area contributed by atoms with E-state index in [-0.39, 0.29) is 11.6 Å². The van der Waals surface area contributed by atoms with Crippen molar-refractivity contribution in [1.29, 1.82) is 0 Å². The molecule has 0 saturated heterocycles. The molecule has 8 heteroatoms. The van der Waals surface area contributed by atoms with Crippen molar-refractivity contribution < 1.29 is 9.72 Å². The van der Waals surface area contributed by atoms with Crippen molar-refractivity contribution in [2.75, 3.05) is 5.32 Å². The predicted octanol–water partition coefficient (Wildman–Crippen LogP) is 5.37. The summed E-state index contributed by atoms with van der Waals surface area (Å²) in [5.41, 5.74) is 0.438. The Kier molecular flexibility index (Phi) is 4.21. The lowest BCUT2D eigenvalue weighted by Crippen LogP contribution is -2.10. The molecule has 0 bridgehead atoms. The van der Waals surface area contributed by atoms with Crippen LogP contribution >= 0.6 is 34.5 Å². The van der Waals surface area contributed by atoms with E-state index in [1.807, 2.05) is 0 Å². The van der Waals surface area contributed by atoms with Gasteiger partial charge in [-0.25, -0.2) is 0 Å². The average molecular weight is 367 g/mol. The third kappa shape index (κ3) is 3.29. The minimum Gasteiger partial charge on any atom is -0.320 e. The maximum absolute atomic E-state index is 12.3. The fourth-order valence-corrected chi connectivity index (χ4v) is 3.43. The van der Waals surface area contributed by atoms with Gasteiger partial charge in [0.15, 0.2) is 0 Å². The standard InChI is InChI=1S/C15H8Cl2N2O3S/c16-9-1-3-12(11(17)7-9)18-15(20)14-6-8-5-10(19(21)22)2-4-13(8)23-14/h1-7H,(H,18,20). The van der Waals surface area contributed by atoms with Crippen LogP contribution in [0.1, 0.15) is 9.67 Å². The Morgan fingerprint density at radius 3 is 2.61 bits per heavy atom. The molecule has 0 radical (unpaired) electrons. The number of fused-ring (bicyclic) bond motifs is 1. The number of carbonyl (C=O) groups is 1. The molecule has 1 amide bonds. The third-order valence-corrected chi connectivity index (χ3v) is 4.78. The molecular weight excluding hydrogens is 359 g/mol. The molecule has 1 aromatic heterocycles. The first-order valence-electron chi connectivity index (χ1n) is 6.38. The molecule has 1 heterocycles. The number of nitro groups is 1. The zero-order valence-corrected chi connectivity index (χ0v) is 13.7. The first-order chi connectivity index (χ1) is 10.9. The van der Waals surface area contributed by atoms with Gasteiger partial charge < -0.3 is 5.32 Å². The first-order valence-corrected chi connectivity index (χ1v) is 7.95. The first kappa shape index (κ1) is 15.7. The van der Waals surface area contributed by atoms with Gasteiger partial charge in [-0.05, 0) is 30.3 Å². The lowest BCUT2D eigenvalue weighted by Gasteiger charge is -2.05. The van der Waals surface area contributed by atoms with Gasteiger partial charge in [0, 0.05) is 27.2 Å². The van der Waals surface area contributed by atoms with Gasteiger partial charge in [-0.15, -0.1) is 11.3 Å². The van der Waals surface area contributed by atoms with Gasteiger partial charge >= 0.3 is 0 Å². The summed E-state index contributed by atoms with van der Waals surface area (Å²) in [6.45, 7) is 0. The number of hydrogen-bond acceptors (Lipinski definition) is 4. The Labute approximate surface area is 144 Å². The topological polar surface area (TPSA) is 72.2 Å². The van der Waals surface area contributed by atoms with Crippen LogP contribution in [-0.4, -0.2) is 10.8 Å². The highest BCUT2D eigenvalue weighted by atomic mass is 35.5. The second-order valence-electron chi connectivity index (χ2n) is 4.67. The Morgan fingerprint density at radius 1 is 1.13 bits per heavy atom. The molecule has 0 fully saturated rings. The Bertz CT molecular complexity index is 940. The molecule has 0 unspecified atom stereocenters. The Hall–Kier alpha value is -2.15. The van der Waals surface area contributed by atoms with Crippen LogP contribution in [0.3, 0.4) is 0 Å². The number of halogens is 2. The second-order valence-corrected chi connectivity index (χ2v) is 6.60. The van der Waals surface area contributed by atoms with E-state index in [0.717, 1.165) is 4.70 Å². The quantitative estimate of drug-likeness (QED) is 0.500. The molecule has 0 aliphatic carbocycles. The molecule has 1 N–H and O–H groups in total. The van der Waals surface area contributed by atoms with E-state index >= 15 is 0 Å². The molecule has 0 aliphatic heterocycles. The fourth-order valence-electron chi connectivity index (χ4n) is 2.03. The predicted molar refractivity (Wildman–Crippen MR) is 92.9 cm³/mol. The van der Waals surface area contributed by atoms with E-state index in [0.29, 0.717) is 26.0 Å². The number of nitrogens with one attached hydrogen (secondary N) is 1. The Morgan fingerprint density at radius 2 is 1.91 bits per heavy atom. The van der Waals surface area contributed by atoms with Gasteiger partial charge in [-0.3, -0.25) is 14.9 Å². The Balaban J connectivity index is 1.90. The number of amides is 1. The van der Waals surface area contributed by atoms with Crippen LogP contribution in [0.2, 0.25) is 10.0 Å². The third-order valence-electron chi connectivity index (χ3n) is 3.11. The summed E-state index contributed by atoms with van der Waals surface area (Å²) >= 11 is 13.1. The van der Waals surface area contributed by atoms with Gasteiger partial charge in [0.25, 0.3) is 11.6 Å². The summed E-state index contributed by atoms with van der Waals surface area (Å²) < 4.78 is 0.794. The van der Waals surface area contributed by atoms with Crippen LogP contribution < -0.4 is 5.32 Å². The fraction of sp³-hybridized carbons (Fsp3) is 0. The van der Waals surface area contributed by atoms with Gasteiger partial charge in [0.1, 0.15) is 0 Å². The van der Waals surface area contributed by atoms with Crippen molar-refractivity contribution in [3.8, 4) is 0 Å². The maximum Gasteiger partial charge on any atom is 0.270 e. The average Bonchev–Trinajstić information content (AvgIpc) is 2.93. The number of carbonyl (C=O) groups excluding carboxylic acids is 1. The van der Waals surface area contributed by atoms with Crippen molar-refractivity contribution >= 4 is 61.9 Å². The van der Waals surface area contributed by atoms with E-state index in [9.17, 15) is 14.9 Å². The highest BCUT2D eigenvalue weighted by Gasteiger charge is 2.14. The smallest absolute Gasteiger partial charge is 0.270 e. The minimum absolute atomic E-state index is 0.0111. The molecule has 3 aromatic rings. The maximum atomic E-state index is 12.3. The summed E-state index contributed by atoms with van der Waals surface area (Å²) in [6.07, 6.45) is 0. The summed E-state index contributed by atoms with van der Waals surface area (Å²) in [4.78, 5) is 23.1. The van der Waals surface area contributed by atoms with Gasteiger partial charge in [-0.2, -0.15) is 0 Å². The number of benzene rings is 2. The van der Waals surface area contributed by atoms with Crippen LogP contribution in [0.25, 0.3) is 10.1 Å². The number of nitro benzene ring substituents is 1. The second kappa shape index (κ2) is 6.16. The largest absolute Gasteiger partial charge is 0.320 e. The monoisotopic (exact) mass is 366 g/mol.